The highest BCUT2D eigenvalue weighted by Gasteiger charge is 2.32. The number of carboxylic acid groups (broad SMARTS) is 4. The molecule has 2 aromatic rings. The first kappa shape index (κ1) is 37.7. The quantitative estimate of drug-likeness (QED) is 0.201. The van der Waals surface area contributed by atoms with E-state index in [1.54, 1.807) is 18.2 Å². The van der Waals surface area contributed by atoms with E-state index in [1.807, 2.05) is 0 Å². The summed E-state index contributed by atoms with van der Waals surface area (Å²) in [5, 5.41) is 48.8. The molecule has 0 amide bonds. The summed E-state index contributed by atoms with van der Waals surface area (Å²) >= 11 is 0. The van der Waals surface area contributed by atoms with E-state index in [4.69, 9.17) is 51.1 Å². The zero-order valence-corrected chi connectivity index (χ0v) is 21.2. The van der Waals surface area contributed by atoms with Crippen LogP contribution in [0.3, 0.4) is 0 Å². The summed E-state index contributed by atoms with van der Waals surface area (Å²) in [6.07, 6.45) is 0. The summed E-state index contributed by atoms with van der Waals surface area (Å²) in [6, 6.07) is 8.97. The third-order valence-electron chi connectivity index (χ3n) is 3.21. The number of hydrogen-bond acceptors (Lipinski definition) is 10. The van der Waals surface area contributed by atoms with Gasteiger partial charge in [0.15, 0.2) is 23.1 Å². The molecule has 10 N–H and O–H groups in total. The van der Waals surface area contributed by atoms with Crippen LogP contribution in [-0.2, 0) is 19.2 Å². The van der Waals surface area contributed by atoms with Crippen molar-refractivity contribution in [2.45, 2.75) is 27.7 Å². The standard InChI is InChI=1S/C14H8O4.C2H8N2.4C2H4O2/c15-10-6-5-9-11(14(10)18)13(17)8-4-2-1-3-7(8)12(9)16;3-1-2-4;4*1-2(3)4/h1-6,15,18H;1-4H2;4*1H3,(H,3,4). The van der Waals surface area contributed by atoms with Crippen LogP contribution in [0.4, 0.5) is 0 Å². The molecule has 14 heteroatoms. The Hall–Kier alpha value is -4.82. The van der Waals surface area contributed by atoms with Gasteiger partial charge in [-0.15, -0.1) is 0 Å². The van der Waals surface area contributed by atoms with E-state index >= 15 is 0 Å². The van der Waals surface area contributed by atoms with Crippen LogP contribution in [-0.4, -0.2) is 79.2 Å². The predicted molar refractivity (Wildman–Crippen MR) is 134 cm³/mol. The van der Waals surface area contributed by atoms with Crippen molar-refractivity contribution in [3.05, 3.63) is 58.7 Å². The molecule has 0 heterocycles. The molecule has 38 heavy (non-hydrogen) atoms. The van der Waals surface area contributed by atoms with E-state index in [0.717, 1.165) is 27.7 Å². The van der Waals surface area contributed by atoms with Crippen LogP contribution in [0.5, 0.6) is 11.5 Å². The number of phenolic OH excluding ortho intramolecular Hbond substituents is 2. The normalized spacial score (nSPS) is 9.63. The Labute approximate surface area is 217 Å². The Bertz CT molecular complexity index is 1050. The van der Waals surface area contributed by atoms with Gasteiger partial charge in [0.05, 0.1) is 5.56 Å². The summed E-state index contributed by atoms with van der Waals surface area (Å²) in [4.78, 5) is 60.4. The lowest BCUT2D eigenvalue weighted by Gasteiger charge is -2.18. The Balaban J connectivity index is -0.000000504. The van der Waals surface area contributed by atoms with Crippen LogP contribution in [0.1, 0.15) is 59.5 Å². The Morgan fingerprint density at radius 1 is 0.605 bits per heavy atom. The molecule has 0 spiro atoms. The van der Waals surface area contributed by atoms with Gasteiger partial charge in [-0.2, -0.15) is 0 Å². The number of nitrogens with two attached hydrogens (primary N) is 2. The number of phenols is 2. The second-order valence-electron chi connectivity index (χ2n) is 6.71. The fourth-order valence-electron chi connectivity index (χ4n) is 2.16. The van der Waals surface area contributed by atoms with Crippen LogP contribution in [0.15, 0.2) is 36.4 Å². The van der Waals surface area contributed by atoms with Crippen LogP contribution < -0.4 is 11.5 Å². The molecule has 0 aromatic heterocycles. The van der Waals surface area contributed by atoms with Gasteiger partial charge >= 0.3 is 0 Å². The van der Waals surface area contributed by atoms with Crippen LogP contribution in [0, 0.1) is 0 Å². The molecular weight excluding hydrogens is 508 g/mol. The van der Waals surface area contributed by atoms with Gasteiger partial charge < -0.3 is 42.1 Å². The number of aromatic hydroxyl groups is 2. The second kappa shape index (κ2) is 20.4. The molecule has 0 radical (unpaired) electrons. The van der Waals surface area contributed by atoms with Crippen molar-refractivity contribution in [1.82, 2.24) is 0 Å². The fraction of sp³-hybridized carbons (Fsp3) is 0.250. The zero-order valence-electron chi connectivity index (χ0n) is 21.2. The molecule has 3 rings (SSSR count). The van der Waals surface area contributed by atoms with Crippen molar-refractivity contribution in [3.63, 3.8) is 0 Å². The summed E-state index contributed by atoms with van der Waals surface area (Å²) < 4.78 is 0. The number of carboxylic acids is 4. The van der Waals surface area contributed by atoms with Crippen molar-refractivity contribution in [1.29, 1.82) is 0 Å². The van der Waals surface area contributed by atoms with Gasteiger partial charge in [0.2, 0.25) is 0 Å². The number of rotatable bonds is 1. The maximum absolute atomic E-state index is 12.2. The summed E-state index contributed by atoms with van der Waals surface area (Å²) in [5.74, 6) is -5.06. The van der Waals surface area contributed by atoms with Crippen molar-refractivity contribution < 1.29 is 59.4 Å². The van der Waals surface area contributed by atoms with E-state index < -0.39 is 41.2 Å². The Kier molecular flexibility index (Phi) is 20.2. The molecule has 0 aliphatic heterocycles. The van der Waals surface area contributed by atoms with Crippen LogP contribution in [0.2, 0.25) is 0 Å². The van der Waals surface area contributed by atoms with Gasteiger partial charge in [-0.25, -0.2) is 0 Å². The van der Waals surface area contributed by atoms with Crippen molar-refractivity contribution in [3.8, 4) is 11.5 Å². The lowest BCUT2D eigenvalue weighted by Crippen LogP contribution is -2.20. The van der Waals surface area contributed by atoms with E-state index in [1.165, 1.54) is 18.2 Å². The van der Waals surface area contributed by atoms with Crippen molar-refractivity contribution >= 4 is 35.4 Å². The maximum atomic E-state index is 12.2. The maximum Gasteiger partial charge on any atom is 0.300 e. The van der Waals surface area contributed by atoms with E-state index in [2.05, 4.69) is 0 Å². The second-order valence-corrected chi connectivity index (χ2v) is 6.71. The highest BCUT2D eigenvalue weighted by atomic mass is 16.4. The SMILES string of the molecule is CC(=O)O.CC(=O)O.CC(=O)O.CC(=O)O.NCCN.O=C1c2ccccc2C(=O)c2c1ccc(O)c2O. The van der Waals surface area contributed by atoms with Crippen LogP contribution in [0.25, 0.3) is 0 Å². The predicted octanol–water partition coefficient (Wildman–Crippen LogP) is 1.14. The molecule has 210 valence electrons. The number of aliphatic carboxylic acids is 4. The fourth-order valence-corrected chi connectivity index (χ4v) is 2.16. The summed E-state index contributed by atoms with van der Waals surface area (Å²) in [6.45, 7) is 5.53. The van der Waals surface area contributed by atoms with Crippen molar-refractivity contribution in [2.75, 3.05) is 13.1 Å². The molecule has 0 saturated heterocycles. The number of carbonyl (C=O) groups excluding carboxylic acids is 2. The zero-order chi connectivity index (χ0) is 30.6. The average molecular weight is 541 g/mol. The first-order chi connectivity index (χ1) is 17.5. The van der Waals surface area contributed by atoms with Crippen molar-refractivity contribution in [2.24, 2.45) is 11.5 Å². The van der Waals surface area contributed by atoms with Gasteiger partial charge in [-0.3, -0.25) is 28.8 Å². The van der Waals surface area contributed by atoms with Gasteiger partial charge in [-0.1, -0.05) is 24.3 Å². The first-order valence-electron chi connectivity index (χ1n) is 10.4. The van der Waals surface area contributed by atoms with Gasteiger partial charge in [0.1, 0.15) is 0 Å². The molecule has 14 nitrogen and oxygen atoms in total. The minimum Gasteiger partial charge on any atom is -0.504 e. The van der Waals surface area contributed by atoms with Gasteiger partial charge in [0, 0.05) is 57.5 Å². The monoisotopic (exact) mass is 540 g/mol. The highest BCUT2D eigenvalue weighted by Crippen LogP contribution is 2.37. The van der Waals surface area contributed by atoms with E-state index in [-0.39, 0.29) is 22.5 Å². The number of fused-ring (bicyclic) bond motifs is 2. The molecule has 1 aliphatic rings. The smallest absolute Gasteiger partial charge is 0.300 e. The molecular formula is C24H32N2O12. The largest absolute Gasteiger partial charge is 0.504 e. The lowest BCUT2D eigenvalue weighted by atomic mass is 9.83. The minimum atomic E-state index is -0.833. The Morgan fingerprint density at radius 2 is 0.921 bits per heavy atom. The van der Waals surface area contributed by atoms with Gasteiger partial charge in [0.25, 0.3) is 23.9 Å². The summed E-state index contributed by atoms with van der Waals surface area (Å²) in [5.41, 5.74) is 10.4. The molecule has 1 aliphatic carbocycles. The van der Waals surface area contributed by atoms with E-state index in [0.29, 0.717) is 18.7 Å². The first-order valence-corrected chi connectivity index (χ1v) is 10.4. The molecule has 0 bridgehead atoms. The third-order valence-corrected chi connectivity index (χ3v) is 3.21. The number of hydrogen-bond donors (Lipinski definition) is 8. The number of ketones is 2. The molecule has 2 aromatic carbocycles. The Morgan fingerprint density at radius 3 is 1.24 bits per heavy atom. The van der Waals surface area contributed by atoms with E-state index in [9.17, 15) is 19.8 Å². The highest BCUT2D eigenvalue weighted by molar-refractivity contribution is 6.29. The summed E-state index contributed by atoms with van der Waals surface area (Å²) in [7, 11) is 0. The van der Waals surface area contributed by atoms with Gasteiger partial charge in [-0.05, 0) is 12.1 Å². The third kappa shape index (κ3) is 17.6. The topological polar surface area (TPSA) is 276 Å². The average Bonchev–Trinajstić information content (AvgIpc) is 2.78. The lowest BCUT2D eigenvalue weighted by molar-refractivity contribution is -0.135. The number of benzene rings is 2. The number of carbonyl (C=O) groups is 6. The molecule has 0 unspecified atom stereocenters. The molecule has 0 saturated carbocycles. The van der Waals surface area contributed by atoms with Crippen LogP contribution >= 0.6 is 0 Å². The minimum absolute atomic E-state index is 0.119. The molecule has 0 atom stereocenters. The molecule has 0 fully saturated rings.